The summed E-state index contributed by atoms with van der Waals surface area (Å²) in [6, 6.07) is 6.26. The Hall–Kier alpha value is -2.10. The zero-order valence-corrected chi connectivity index (χ0v) is 10.2. The van der Waals surface area contributed by atoms with E-state index >= 15 is 0 Å². The van der Waals surface area contributed by atoms with Gasteiger partial charge in [0.2, 0.25) is 0 Å². The first-order chi connectivity index (χ1) is 8.20. The third kappa shape index (κ3) is 1.37. The molecule has 0 unspecified atom stereocenters. The quantitative estimate of drug-likeness (QED) is 0.693. The molecule has 3 aromatic rings. The van der Waals surface area contributed by atoms with Crippen LogP contribution in [-0.4, -0.2) is 21.4 Å². The second kappa shape index (κ2) is 3.45. The zero-order valence-electron chi connectivity index (χ0n) is 10.2. The summed E-state index contributed by atoms with van der Waals surface area (Å²) in [4.78, 5) is 8.99. The maximum Gasteiger partial charge on any atom is 0.180 e. The van der Waals surface area contributed by atoms with Crippen LogP contribution in [-0.2, 0) is 0 Å². The van der Waals surface area contributed by atoms with E-state index in [1.165, 1.54) is 5.56 Å². The van der Waals surface area contributed by atoms with Crippen molar-refractivity contribution in [2.24, 2.45) is 0 Å². The minimum absolute atomic E-state index is 0.814. The van der Waals surface area contributed by atoms with Gasteiger partial charge in [0, 0.05) is 18.9 Å². The lowest BCUT2D eigenvalue weighted by Gasteiger charge is -2.08. The van der Waals surface area contributed by atoms with Crippen LogP contribution in [0.5, 0.6) is 0 Å². The van der Waals surface area contributed by atoms with Gasteiger partial charge in [-0.05, 0) is 31.5 Å². The lowest BCUT2D eigenvalue weighted by Crippen LogP contribution is -2.00. The standard InChI is InChI=1S/C13H14N4/c1-8-4-5-10-11(6-8)17-9(2)7-15-13(17)12(14-3)16-10/h4-7H,1-3H3,(H,14,16). The largest absolute Gasteiger partial charge is 0.370 e. The van der Waals surface area contributed by atoms with Gasteiger partial charge in [0.25, 0.3) is 0 Å². The molecular weight excluding hydrogens is 212 g/mol. The predicted octanol–water partition coefficient (Wildman–Crippen LogP) is 2.54. The summed E-state index contributed by atoms with van der Waals surface area (Å²) < 4.78 is 2.14. The van der Waals surface area contributed by atoms with Crippen molar-refractivity contribution >= 4 is 22.5 Å². The lowest BCUT2D eigenvalue weighted by molar-refractivity contribution is 1.14. The SMILES string of the molecule is CNc1nc2ccc(C)cc2n2c(C)cnc12. The molecule has 0 saturated heterocycles. The fourth-order valence-corrected chi connectivity index (χ4v) is 2.15. The summed E-state index contributed by atoms with van der Waals surface area (Å²) in [6.45, 7) is 4.14. The van der Waals surface area contributed by atoms with Crippen molar-refractivity contribution < 1.29 is 0 Å². The number of benzene rings is 1. The van der Waals surface area contributed by atoms with Crippen LogP contribution in [0.4, 0.5) is 5.82 Å². The van der Waals surface area contributed by atoms with Gasteiger partial charge in [0.05, 0.1) is 11.0 Å². The van der Waals surface area contributed by atoms with E-state index < -0.39 is 0 Å². The number of nitrogens with one attached hydrogen (secondary N) is 1. The molecule has 0 aliphatic rings. The van der Waals surface area contributed by atoms with Gasteiger partial charge in [-0.3, -0.25) is 4.40 Å². The smallest absolute Gasteiger partial charge is 0.180 e. The third-order valence-corrected chi connectivity index (χ3v) is 2.99. The van der Waals surface area contributed by atoms with Gasteiger partial charge in [-0.25, -0.2) is 9.97 Å². The van der Waals surface area contributed by atoms with E-state index in [0.717, 1.165) is 28.2 Å². The number of rotatable bonds is 1. The molecule has 1 N–H and O–H groups in total. The van der Waals surface area contributed by atoms with Crippen molar-refractivity contribution in [1.29, 1.82) is 0 Å². The number of fused-ring (bicyclic) bond motifs is 3. The van der Waals surface area contributed by atoms with Crippen LogP contribution in [0, 0.1) is 13.8 Å². The van der Waals surface area contributed by atoms with Crippen molar-refractivity contribution in [2.75, 3.05) is 12.4 Å². The van der Waals surface area contributed by atoms with Crippen molar-refractivity contribution in [3.05, 3.63) is 35.7 Å². The van der Waals surface area contributed by atoms with E-state index in [1.54, 1.807) is 0 Å². The molecule has 2 aromatic heterocycles. The molecule has 0 radical (unpaired) electrons. The second-order valence-electron chi connectivity index (χ2n) is 4.26. The van der Waals surface area contributed by atoms with Crippen molar-refractivity contribution in [3.63, 3.8) is 0 Å². The molecule has 0 saturated carbocycles. The van der Waals surface area contributed by atoms with Gasteiger partial charge in [-0.1, -0.05) is 6.07 Å². The lowest BCUT2D eigenvalue weighted by atomic mass is 10.2. The third-order valence-electron chi connectivity index (χ3n) is 2.99. The highest BCUT2D eigenvalue weighted by atomic mass is 15.1. The zero-order chi connectivity index (χ0) is 12.0. The molecule has 0 amide bonds. The first-order valence-corrected chi connectivity index (χ1v) is 5.63. The highest BCUT2D eigenvalue weighted by Gasteiger charge is 2.10. The first kappa shape index (κ1) is 10.1. The van der Waals surface area contributed by atoms with Crippen molar-refractivity contribution in [3.8, 4) is 0 Å². The average Bonchev–Trinajstić information content (AvgIpc) is 2.71. The monoisotopic (exact) mass is 226 g/mol. The number of hydrogen-bond acceptors (Lipinski definition) is 3. The summed E-state index contributed by atoms with van der Waals surface area (Å²) in [6.07, 6.45) is 1.87. The molecule has 86 valence electrons. The molecule has 0 bridgehead atoms. The van der Waals surface area contributed by atoms with Crippen LogP contribution in [0.15, 0.2) is 24.4 Å². The van der Waals surface area contributed by atoms with Crippen LogP contribution in [0.3, 0.4) is 0 Å². The Labute approximate surface area is 99.3 Å². The highest BCUT2D eigenvalue weighted by Crippen LogP contribution is 2.22. The molecular formula is C13H14N4. The number of aromatic nitrogens is 3. The minimum atomic E-state index is 0.814. The van der Waals surface area contributed by atoms with Gasteiger partial charge >= 0.3 is 0 Å². The van der Waals surface area contributed by atoms with Crippen LogP contribution in [0.25, 0.3) is 16.7 Å². The molecule has 17 heavy (non-hydrogen) atoms. The van der Waals surface area contributed by atoms with Crippen LogP contribution < -0.4 is 5.32 Å². The van der Waals surface area contributed by atoms with Gasteiger partial charge in [-0.15, -0.1) is 0 Å². The summed E-state index contributed by atoms with van der Waals surface area (Å²) >= 11 is 0. The highest BCUT2D eigenvalue weighted by molar-refractivity contribution is 5.83. The number of imidazole rings is 1. The van der Waals surface area contributed by atoms with E-state index in [-0.39, 0.29) is 0 Å². The fraction of sp³-hybridized carbons (Fsp3) is 0.231. The number of hydrogen-bond donors (Lipinski definition) is 1. The van der Waals surface area contributed by atoms with Gasteiger partial charge in [-0.2, -0.15) is 0 Å². The molecule has 2 heterocycles. The molecule has 0 aliphatic carbocycles. The van der Waals surface area contributed by atoms with Crippen LogP contribution in [0.1, 0.15) is 11.3 Å². The predicted molar refractivity (Wildman–Crippen MR) is 69.5 cm³/mol. The molecule has 1 aromatic carbocycles. The Morgan fingerprint density at radius 3 is 2.82 bits per heavy atom. The van der Waals surface area contributed by atoms with E-state index in [9.17, 15) is 0 Å². The molecule has 0 spiro atoms. The van der Waals surface area contributed by atoms with E-state index in [4.69, 9.17) is 0 Å². The fourth-order valence-electron chi connectivity index (χ4n) is 2.15. The maximum atomic E-state index is 4.58. The van der Waals surface area contributed by atoms with Gasteiger partial charge in [0.1, 0.15) is 0 Å². The Bertz CT molecular complexity index is 712. The Balaban J connectivity index is 2.58. The van der Waals surface area contributed by atoms with Crippen LogP contribution >= 0.6 is 0 Å². The molecule has 4 nitrogen and oxygen atoms in total. The molecule has 0 fully saturated rings. The van der Waals surface area contributed by atoms with E-state index in [1.807, 2.05) is 19.3 Å². The molecule has 4 heteroatoms. The second-order valence-corrected chi connectivity index (χ2v) is 4.26. The number of anilines is 1. The van der Waals surface area contributed by atoms with Crippen molar-refractivity contribution in [2.45, 2.75) is 13.8 Å². The summed E-state index contributed by atoms with van der Waals surface area (Å²) in [5, 5.41) is 3.10. The number of aryl methyl sites for hydroxylation is 2. The first-order valence-electron chi connectivity index (χ1n) is 5.63. The molecule has 0 aliphatic heterocycles. The topological polar surface area (TPSA) is 42.2 Å². The average molecular weight is 226 g/mol. The van der Waals surface area contributed by atoms with Gasteiger partial charge in [0.15, 0.2) is 11.5 Å². The van der Waals surface area contributed by atoms with Gasteiger partial charge < -0.3 is 5.32 Å². The summed E-state index contributed by atoms with van der Waals surface area (Å²) in [5.74, 6) is 0.814. The maximum absolute atomic E-state index is 4.58. The van der Waals surface area contributed by atoms with E-state index in [2.05, 4.69) is 45.7 Å². The molecule has 0 atom stereocenters. The summed E-state index contributed by atoms with van der Waals surface area (Å²) in [7, 11) is 1.87. The number of nitrogens with zero attached hydrogens (tertiary/aromatic N) is 3. The van der Waals surface area contributed by atoms with Crippen molar-refractivity contribution in [1.82, 2.24) is 14.4 Å². The normalized spacial score (nSPS) is 11.2. The molecule has 3 rings (SSSR count). The van der Waals surface area contributed by atoms with E-state index in [0.29, 0.717) is 0 Å². The Morgan fingerprint density at radius 1 is 1.24 bits per heavy atom. The van der Waals surface area contributed by atoms with Crippen LogP contribution in [0.2, 0.25) is 0 Å². The minimum Gasteiger partial charge on any atom is -0.370 e. The Morgan fingerprint density at radius 2 is 2.06 bits per heavy atom. The Kier molecular flexibility index (Phi) is 2.04. The summed E-state index contributed by atoms with van der Waals surface area (Å²) in [5.41, 5.74) is 5.31.